The molecule has 32 heavy (non-hydrogen) atoms. The van der Waals surface area contributed by atoms with E-state index in [1.807, 2.05) is 0 Å². The molecule has 1 heterocycles. The van der Waals surface area contributed by atoms with E-state index in [1.165, 1.54) is 20.4 Å². The molecule has 0 unspecified atom stereocenters. The van der Waals surface area contributed by atoms with Crippen LogP contribution in [-0.4, -0.2) is 62.8 Å². The maximum Gasteiger partial charge on any atom is 0.339 e. The van der Waals surface area contributed by atoms with E-state index < -0.39 is 38.4 Å². The predicted octanol–water partition coefficient (Wildman–Crippen LogP) is 0.533. The summed E-state index contributed by atoms with van der Waals surface area (Å²) < 4.78 is 41.7. The summed E-state index contributed by atoms with van der Waals surface area (Å²) in [5, 5.41) is 12.0. The lowest BCUT2D eigenvalue weighted by Crippen LogP contribution is -2.36. The summed E-state index contributed by atoms with van der Waals surface area (Å²) in [5.41, 5.74) is -0.718. The number of esters is 1. The molecule has 172 valence electrons. The first-order valence-corrected chi connectivity index (χ1v) is 10.0. The van der Waals surface area contributed by atoms with Crippen molar-refractivity contribution in [3.05, 3.63) is 30.0 Å². The summed E-state index contributed by atoms with van der Waals surface area (Å²) in [6.45, 7) is 1.03. The van der Waals surface area contributed by atoms with Crippen molar-refractivity contribution in [3.63, 3.8) is 0 Å². The van der Waals surface area contributed by atoms with E-state index in [0.29, 0.717) is 0 Å². The van der Waals surface area contributed by atoms with Crippen LogP contribution >= 0.6 is 0 Å². The minimum atomic E-state index is -4.70. The Morgan fingerprint density at radius 3 is 2.38 bits per heavy atom. The molecular formula is C17H19N5O9S. The molecule has 0 fully saturated rings. The van der Waals surface area contributed by atoms with Crippen LogP contribution in [0.4, 0.5) is 16.4 Å². The lowest BCUT2D eigenvalue weighted by Gasteiger charge is -2.16. The monoisotopic (exact) mass is 469 g/mol. The van der Waals surface area contributed by atoms with Gasteiger partial charge in [0, 0.05) is 6.92 Å². The Kier molecular flexibility index (Phi) is 7.50. The van der Waals surface area contributed by atoms with Gasteiger partial charge in [-0.2, -0.15) is 10.0 Å². The second kappa shape index (κ2) is 9.88. The molecule has 15 heteroatoms. The Hall–Kier alpha value is -3.98. The van der Waals surface area contributed by atoms with Gasteiger partial charge < -0.3 is 14.2 Å². The number of anilines is 2. The number of ether oxygens (including phenoxy) is 3. The highest BCUT2D eigenvalue weighted by molar-refractivity contribution is 7.90. The number of hydrogen-bond acceptors (Lipinski definition) is 11. The van der Waals surface area contributed by atoms with Gasteiger partial charge in [0.1, 0.15) is 4.90 Å². The Labute approximate surface area is 182 Å². The lowest BCUT2D eigenvalue weighted by molar-refractivity contribution is -0.121. The molecule has 3 N–H and O–H groups in total. The van der Waals surface area contributed by atoms with E-state index in [2.05, 4.69) is 20.0 Å². The number of carbonyl (C=O) groups excluding carboxylic acids is 3. The van der Waals surface area contributed by atoms with E-state index in [1.54, 1.807) is 4.72 Å². The molecule has 0 aliphatic rings. The number of amides is 3. The highest BCUT2D eigenvalue weighted by Crippen LogP contribution is 2.25. The molecule has 1 aromatic carbocycles. The van der Waals surface area contributed by atoms with Gasteiger partial charge in [-0.05, 0) is 18.2 Å². The van der Waals surface area contributed by atoms with Gasteiger partial charge in [-0.25, -0.2) is 27.7 Å². The van der Waals surface area contributed by atoms with Crippen molar-refractivity contribution in [1.82, 2.24) is 14.7 Å². The number of rotatable bonds is 7. The van der Waals surface area contributed by atoms with Crippen molar-refractivity contribution >= 4 is 39.6 Å². The molecule has 14 nitrogen and oxygen atoms in total. The summed E-state index contributed by atoms with van der Waals surface area (Å²) in [7, 11) is -1.03. The van der Waals surface area contributed by atoms with Gasteiger partial charge in [0.15, 0.2) is 5.75 Å². The zero-order chi connectivity index (χ0) is 24.1. The van der Waals surface area contributed by atoms with Gasteiger partial charge in [-0.15, -0.1) is 0 Å². The third kappa shape index (κ3) is 5.38. The van der Waals surface area contributed by atoms with E-state index >= 15 is 0 Å². The van der Waals surface area contributed by atoms with E-state index in [4.69, 9.17) is 9.47 Å². The van der Waals surface area contributed by atoms with Gasteiger partial charge in [-0.3, -0.25) is 15.3 Å². The number of hydroxylamine groups is 1. The molecule has 0 bridgehead atoms. The van der Waals surface area contributed by atoms with Crippen molar-refractivity contribution in [2.45, 2.75) is 11.8 Å². The number of sulfonamides is 1. The molecular weight excluding hydrogens is 450 g/mol. The second-order valence-electron chi connectivity index (χ2n) is 5.83. The first-order chi connectivity index (χ1) is 15.0. The fourth-order valence-corrected chi connectivity index (χ4v) is 3.45. The Morgan fingerprint density at radius 1 is 1.12 bits per heavy atom. The third-order valence-electron chi connectivity index (χ3n) is 3.79. The third-order valence-corrected chi connectivity index (χ3v) is 5.16. The SMILES string of the molecule is COC(=O)c1ccc(N(O)C(C)=O)cc1S(=O)(=O)NC(=O)Nc1ncc(OC)c(OC)n1. The zero-order valence-electron chi connectivity index (χ0n) is 17.3. The number of urea groups is 1. The number of methoxy groups -OCH3 is 3. The van der Waals surface area contributed by atoms with Gasteiger partial charge in [0.2, 0.25) is 11.9 Å². The molecule has 2 rings (SSSR count). The minimum Gasteiger partial charge on any atom is -0.490 e. The summed E-state index contributed by atoms with van der Waals surface area (Å²) in [4.78, 5) is 42.5. The van der Waals surface area contributed by atoms with E-state index in [-0.39, 0.29) is 28.3 Å². The Balaban J connectivity index is 2.37. The summed E-state index contributed by atoms with van der Waals surface area (Å²) in [5.74, 6) is -2.02. The topological polar surface area (TPSA) is 186 Å². The standard InChI is InChI=1S/C17H19N5O9S/c1-9(23)22(26)10-5-6-11(15(24)31-4)13(7-10)32(27,28)21-17(25)20-16-18-8-12(29-2)14(19-16)30-3/h5-8,26H,1-4H3,(H2,18,19,20,21,25). The summed E-state index contributed by atoms with van der Waals surface area (Å²) in [6, 6.07) is 1.67. The summed E-state index contributed by atoms with van der Waals surface area (Å²) >= 11 is 0. The number of hydrogen-bond donors (Lipinski definition) is 3. The molecule has 0 saturated carbocycles. The minimum absolute atomic E-state index is 0.0198. The number of carbonyl (C=O) groups is 3. The zero-order valence-corrected chi connectivity index (χ0v) is 18.1. The molecule has 3 amide bonds. The van der Waals surface area contributed by atoms with Crippen LogP contribution in [0.1, 0.15) is 17.3 Å². The van der Waals surface area contributed by atoms with Crippen LogP contribution in [0.2, 0.25) is 0 Å². The molecule has 0 saturated heterocycles. The maximum absolute atomic E-state index is 12.8. The van der Waals surface area contributed by atoms with Gasteiger partial charge >= 0.3 is 12.0 Å². The average molecular weight is 469 g/mol. The van der Waals surface area contributed by atoms with Crippen LogP contribution in [0.25, 0.3) is 0 Å². The molecule has 0 radical (unpaired) electrons. The van der Waals surface area contributed by atoms with Crippen molar-refractivity contribution in [2.75, 3.05) is 31.7 Å². The molecule has 1 aromatic heterocycles. The van der Waals surface area contributed by atoms with Crippen molar-refractivity contribution < 1.29 is 42.2 Å². The largest absolute Gasteiger partial charge is 0.490 e. The number of nitrogens with one attached hydrogen (secondary N) is 2. The van der Waals surface area contributed by atoms with Gasteiger partial charge in [-0.1, -0.05) is 0 Å². The number of nitrogens with zero attached hydrogens (tertiary/aromatic N) is 3. The summed E-state index contributed by atoms with van der Waals surface area (Å²) in [6.07, 6.45) is 1.19. The highest BCUT2D eigenvalue weighted by atomic mass is 32.2. The average Bonchev–Trinajstić information content (AvgIpc) is 2.76. The fourth-order valence-electron chi connectivity index (χ4n) is 2.33. The van der Waals surface area contributed by atoms with Crippen LogP contribution in [0.3, 0.4) is 0 Å². The van der Waals surface area contributed by atoms with Crippen molar-refractivity contribution in [1.29, 1.82) is 0 Å². The van der Waals surface area contributed by atoms with Crippen LogP contribution in [-0.2, 0) is 19.6 Å². The van der Waals surface area contributed by atoms with Crippen LogP contribution in [0, 0.1) is 0 Å². The first-order valence-electron chi connectivity index (χ1n) is 8.54. The number of aromatic nitrogens is 2. The highest BCUT2D eigenvalue weighted by Gasteiger charge is 2.27. The predicted molar refractivity (Wildman–Crippen MR) is 107 cm³/mol. The molecule has 2 aromatic rings. The van der Waals surface area contributed by atoms with Gasteiger partial charge in [0.25, 0.3) is 15.9 Å². The second-order valence-corrected chi connectivity index (χ2v) is 7.48. The molecule has 0 spiro atoms. The quantitative estimate of drug-likeness (QED) is 0.292. The van der Waals surface area contributed by atoms with Crippen LogP contribution < -0.4 is 24.6 Å². The first kappa shape index (κ1) is 24.3. The molecule has 0 atom stereocenters. The van der Waals surface area contributed by atoms with Crippen molar-refractivity contribution in [2.24, 2.45) is 0 Å². The van der Waals surface area contributed by atoms with Crippen molar-refractivity contribution in [3.8, 4) is 11.6 Å². The van der Waals surface area contributed by atoms with Crippen LogP contribution in [0.15, 0.2) is 29.3 Å². The molecule has 0 aliphatic carbocycles. The normalized spacial score (nSPS) is 10.7. The Morgan fingerprint density at radius 2 is 1.81 bits per heavy atom. The number of benzene rings is 1. The maximum atomic E-state index is 12.8. The molecule has 0 aliphatic heterocycles. The smallest absolute Gasteiger partial charge is 0.339 e. The van der Waals surface area contributed by atoms with E-state index in [0.717, 1.165) is 32.2 Å². The Bertz CT molecular complexity index is 1150. The lowest BCUT2D eigenvalue weighted by atomic mass is 10.2. The fraction of sp³-hybridized carbons (Fsp3) is 0.235. The van der Waals surface area contributed by atoms with Crippen LogP contribution in [0.5, 0.6) is 11.6 Å². The van der Waals surface area contributed by atoms with Gasteiger partial charge in [0.05, 0.1) is 38.8 Å². The van der Waals surface area contributed by atoms with E-state index in [9.17, 15) is 28.0 Å².